The van der Waals surface area contributed by atoms with Crippen LogP contribution in [0.25, 0.3) is 0 Å². The van der Waals surface area contributed by atoms with E-state index in [0.29, 0.717) is 11.3 Å². The summed E-state index contributed by atoms with van der Waals surface area (Å²) in [5.74, 6) is 1.38. The molecule has 3 aromatic carbocycles. The highest BCUT2D eigenvalue weighted by Crippen LogP contribution is 2.28. The average molecular weight is 416 g/mol. The number of carbonyl (C=O) groups is 1. The van der Waals surface area contributed by atoms with Crippen LogP contribution in [0.2, 0.25) is 0 Å². The number of hydrogen-bond acceptors (Lipinski definition) is 4. The normalized spacial score (nSPS) is 14.9. The number of likely N-dealkylation sites (N-methyl/N-ethyl adjacent to an activating group) is 1. The fourth-order valence-corrected chi connectivity index (χ4v) is 3.68. The minimum atomic E-state index is -0.116. The molecule has 1 amide bonds. The number of nitrogens with zero attached hydrogens (tertiary/aromatic N) is 2. The molecule has 4 rings (SSSR count). The fraction of sp³-hybridized carbons (Fsp3) is 0.269. The maximum atomic E-state index is 12.9. The third kappa shape index (κ3) is 5.72. The minimum Gasteiger partial charge on any atom is -0.457 e. The summed E-state index contributed by atoms with van der Waals surface area (Å²) in [7, 11) is 2.16. The molecule has 0 aliphatic carbocycles. The van der Waals surface area contributed by atoms with Crippen molar-refractivity contribution >= 4 is 11.6 Å². The molecule has 0 unspecified atom stereocenters. The molecule has 0 spiro atoms. The summed E-state index contributed by atoms with van der Waals surface area (Å²) in [5.41, 5.74) is 3.55. The fourth-order valence-electron chi connectivity index (χ4n) is 3.68. The number of carbonyl (C=O) groups excluding carboxylic acids is 1. The van der Waals surface area contributed by atoms with E-state index in [1.165, 1.54) is 0 Å². The van der Waals surface area contributed by atoms with E-state index in [9.17, 15) is 4.79 Å². The predicted molar refractivity (Wildman–Crippen MR) is 125 cm³/mol. The van der Waals surface area contributed by atoms with E-state index in [1.54, 1.807) is 0 Å². The lowest BCUT2D eigenvalue weighted by Crippen LogP contribution is -2.43. The van der Waals surface area contributed by atoms with Gasteiger partial charge in [0.05, 0.1) is 0 Å². The molecule has 1 N–H and O–H groups in total. The zero-order chi connectivity index (χ0) is 21.6. The zero-order valence-corrected chi connectivity index (χ0v) is 18.2. The summed E-state index contributed by atoms with van der Waals surface area (Å²) in [6, 6.07) is 23.3. The van der Waals surface area contributed by atoms with Crippen molar-refractivity contribution in [3.63, 3.8) is 0 Å². The Hall–Kier alpha value is -3.15. The van der Waals surface area contributed by atoms with Gasteiger partial charge in [0.15, 0.2) is 0 Å². The number of anilines is 1. The van der Waals surface area contributed by atoms with E-state index < -0.39 is 0 Å². The van der Waals surface area contributed by atoms with Crippen molar-refractivity contribution in [3.05, 3.63) is 89.5 Å². The molecule has 160 valence electrons. The number of para-hydroxylation sites is 1. The van der Waals surface area contributed by atoms with Gasteiger partial charge in [0.25, 0.3) is 5.91 Å². The van der Waals surface area contributed by atoms with Crippen molar-refractivity contribution in [2.24, 2.45) is 0 Å². The third-order valence-electron chi connectivity index (χ3n) is 5.61. The molecular formula is C26H29N3O2. The highest BCUT2D eigenvalue weighted by Gasteiger charge is 2.15. The topological polar surface area (TPSA) is 44.8 Å². The molecule has 1 fully saturated rings. The first-order valence-electron chi connectivity index (χ1n) is 10.7. The Morgan fingerprint density at radius 1 is 0.935 bits per heavy atom. The molecule has 0 atom stereocenters. The number of benzene rings is 3. The average Bonchev–Trinajstić information content (AvgIpc) is 2.78. The van der Waals surface area contributed by atoms with E-state index in [2.05, 4.69) is 28.2 Å². The summed E-state index contributed by atoms with van der Waals surface area (Å²) >= 11 is 0. The molecule has 0 bridgehead atoms. The number of amides is 1. The van der Waals surface area contributed by atoms with Crippen LogP contribution in [-0.4, -0.2) is 48.9 Å². The molecular weight excluding hydrogens is 386 g/mol. The highest BCUT2D eigenvalue weighted by atomic mass is 16.5. The van der Waals surface area contributed by atoms with Crippen LogP contribution in [0.1, 0.15) is 21.5 Å². The molecule has 5 nitrogen and oxygen atoms in total. The number of rotatable bonds is 6. The molecule has 3 aromatic rings. The van der Waals surface area contributed by atoms with Gasteiger partial charge in [0, 0.05) is 50.0 Å². The Morgan fingerprint density at radius 3 is 2.48 bits per heavy atom. The lowest BCUT2D eigenvalue weighted by molar-refractivity contribution is 0.102. The molecule has 1 saturated heterocycles. The Labute approximate surface area is 184 Å². The SMILES string of the molecule is Cc1ccc(NC(=O)c2cccc(CN3CCN(C)CC3)c2)cc1Oc1ccccc1. The second-order valence-electron chi connectivity index (χ2n) is 8.13. The number of nitrogens with one attached hydrogen (secondary N) is 1. The molecule has 5 heteroatoms. The first kappa shape index (κ1) is 21.1. The molecule has 0 saturated carbocycles. The van der Waals surface area contributed by atoms with E-state index >= 15 is 0 Å². The lowest BCUT2D eigenvalue weighted by atomic mass is 10.1. The van der Waals surface area contributed by atoms with Crippen LogP contribution in [0.15, 0.2) is 72.8 Å². The summed E-state index contributed by atoms with van der Waals surface area (Å²) in [4.78, 5) is 17.7. The standard InChI is InChI=1S/C26H29N3O2/c1-20-11-12-23(18-25(20)31-24-9-4-3-5-10-24)27-26(30)22-8-6-7-21(17-22)19-29-15-13-28(2)14-16-29/h3-12,17-18H,13-16,19H2,1-2H3,(H,27,30). The van der Waals surface area contributed by atoms with Gasteiger partial charge in [-0.05, 0) is 55.4 Å². The van der Waals surface area contributed by atoms with Gasteiger partial charge >= 0.3 is 0 Å². The van der Waals surface area contributed by atoms with E-state index in [-0.39, 0.29) is 5.91 Å². The predicted octanol–water partition coefficient (Wildman–Crippen LogP) is 4.79. The third-order valence-corrected chi connectivity index (χ3v) is 5.61. The van der Waals surface area contributed by atoms with Gasteiger partial charge in [-0.1, -0.05) is 36.4 Å². The van der Waals surface area contributed by atoms with E-state index in [4.69, 9.17) is 4.74 Å². The van der Waals surface area contributed by atoms with Crippen LogP contribution in [0, 0.1) is 6.92 Å². The minimum absolute atomic E-state index is 0.116. The number of piperazine rings is 1. The first-order valence-corrected chi connectivity index (χ1v) is 10.7. The van der Waals surface area contributed by atoms with Gasteiger partial charge in [-0.3, -0.25) is 9.69 Å². The van der Waals surface area contributed by atoms with Crippen LogP contribution >= 0.6 is 0 Å². The highest BCUT2D eigenvalue weighted by molar-refractivity contribution is 6.04. The monoisotopic (exact) mass is 415 g/mol. The summed E-state index contributed by atoms with van der Waals surface area (Å²) in [5, 5.41) is 3.01. The van der Waals surface area contributed by atoms with Gasteiger partial charge in [0.1, 0.15) is 11.5 Å². The van der Waals surface area contributed by atoms with Crippen molar-refractivity contribution in [1.82, 2.24) is 9.80 Å². The molecule has 1 heterocycles. The van der Waals surface area contributed by atoms with Crippen LogP contribution in [0.5, 0.6) is 11.5 Å². The molecule has 1 aliphatic heterocycles. The van der Waals surface area contributed by atoms with Gasteiger partial charge < -0.3 is 15.0 Å². The van der Waals surface area contributed by atoms with Crippen LogP contribution in [-0.2, 0) is 6.54 Å². The second-order valence-corrected chi connectivity index (χ2v) is 8.13. The Bertz CT molecular complexity index is 1030. The van der Waals surface area contributed by atoms with Gasteiger partial charge in [-0.2, -0.15) is 0 Å². The maximum absolute atomic E-state index is 12.9. The molecule has 0 aromatic heterocycles. The number of hydrogen-bond donors (Lipinski definition) is 1. The summed E-state index contributed by atoms with van der Waals surface area (Å²) < 4.78 is 5.99. The summed E-state index contributed by atoms with van der Waals surface area (Å²) in [6.07, 6.45) is 0. The zero-order valence-electron chi connectivity index (χ0n) is 18.2. The van der Waals surface area contributed by atoms with Crippen LogP contribution < -0.4 is 10.1 Å². The molecule has 0 radical (unpaired) electrons. The molecule has 1 aliphatic rings. The van der Waals surface area contributed by atoms with Crippen LogP contribution in [0.4, 0.5) is 5.69 Å². The maximum Gasteiger partial charge on any atom is 0.255 e. The summed E-state index contributed by atoms with van der Waals surface area (Å²) in [6.45, 7) is 7.14. The Balaban J connectivity index is 1.43. The lowest BCUT2D eigenvalue weighted by Gasteiger charge is -2.32. The van der Waals surface area contributed by atoms with Crippen molar-refractivity contribution in [2.75, 3.05) is 38.5 Å². The largest absolute Gasteiger partial charge is 0.457 e. The van der Waals surface area contributed by atoms with Gasteiger partial charge in [-0.15, -0.1) is 0 Å². The number of ether oxygens (including phenoxy) is 1. The number of aryl methyl sites for hydroxylation is 1. The molecule has 31 heavy (non-hydrogen) atoms. The quantitative estimate of drug-likeness (QED) is 0.629. The van der Waals surface area contributed by atoms with Crippen molar-refractivity contribution in [1.29, 1.82) is 0 Å². The van der Waals surface area contributed by atoms with Gasteiger partial charge in [-0.25, -0.2) is 0 Å². The second kappa shape index (κ2) is 9.77. The van der Waals surface area contributed by atoms with Gasteiger partial charge in [0.2, 0.25) is 0 Å². The van der Waals surface area contributed by atoms with Crippen LogP contribution in [0.3, 0.4) is 0 Å². The van der Waals surface area contributed by atoms with E-state index in [0.717, 1.165) is 55.3 Å². The Morgan fingerprint density at radius 2 is 1.71 bits per heavy atom. The van der Waals surface area contributed by atoms with E-state index in [1.807, 2.05) is 73.7 Å². The van der Waals surface area contributed by atoms with Crippen molar-refractivity contribution in [2.45, 2.75) is 13.5 Å². The van der Waals surface area contributed by atoms with Crippen molar-refractivity contribution < 1.29 is 9.53 Å². The Kier molecular flexibility index (Phi) is 6.65. The smallest absolute Gasteiger partial charge is 0.255 e. The first-order chi connectivity index (χ1) is 15.1. The van der Waals surface area contributed by atoms with Crippen molar-refractivity contribution in [3.8, 4) is 11.5 Å².